The fraction of sp³-hybridized carbons (Fsp3) is 0.474. The highest BCUT2D eigenvalue weighted by molar-refractivity contribution is 5.91. The highest BCUT2D eigenvalue weighted by Crippen LogP contribution is 2.15. The molecule has 10 heteroatoms. The summed E-state index contributed by atoms with van der Waals surface area (Å²) in [6, 6.07) is 6.23. The molecule has 1 N–H and O–H groups in total. The van der Waals surface area contributed by atoms with Crippen LogP contribution < -0.4 is 11.0 Å². The topological polar surface area (TPSA) is 98.5 Å². The van der Waals surface area contributed by atoms with E-state index in [1.54, 1.807) is 18.2 Å². The molecule has 3 heterocycles. The Morgan fingerprint density at radius 3 is 2.86 bits per heavy atom. The zero-order valence-corrected chi connectivity index (χ0v) is 15.8. The number of aromatic nitrogens is 3. The number of amides is 2. The van der Waals surface area contributed by atoms with E-state index < -0.39 is 17.4 Å². The third kappa shape index (κ3) is 4.07. The van der Waals surface area contributed by atoms with Crippen molar-refractivity contribution in [1.82, 2.24) is 24.6 Å². The van der Waals surface area contributed by atoms with Crippen molar-refractivity contribution in [2.45, 2.75) is 38.6 Å². The summed E-state index contributed by atoms with van der Waals surface area (Å²) in [6.45, 7) is 1.40. The van der Waals surface area contributed by atoms with Gasteiger partial charge in [0.2, 0.25) is 11.7 Å². The number of ether oxygens (including phenoxy) is 1. The van der Waals surface area contributed by atoms with Crippen molar-refractivity contribution >= 4 is 11.8 Å². The first-order valence-electron chi connectivity index (χ1n) is 9.61. The molecule has 2 aromatic rings. The van der Waals surface area contributed by atoms with Crippen molar-refractivity contribution in [3.8, 4) is 0 Å². The SMILES string of the molecule is O=C(Cn1nc2n(c1=O)CCN(Cc1ccccc1F)C2=O)NC[C@@H]1CCCO1. The van der Waals surface area contributed by atoms with Crippen molar-refractivity contribution in [2.75, 3.05) is 19.7 Å². The Kier molecular flexibility index (Phi) is 5.43. The van der Waals surface area contributed by atoms with Crippen molar-refractivity contribution in [3.05, 3.63) is 52.0 Å². The minimum Gasteiger partial charge on any atom is -0.376 e. The maximum absolute atomic E-state index is 13.9. The molecule has 0 unspecified atom stereocenters. The van der Waals surface area contributed by atoms with E-state index in [9.17, 15) is 18.8 Å². The van der Waals surface area contributed by atoms with Crippen LogP contribution in [-0.4, -0.2) is 56.9 Å². The summed E-state index contributed by atoms with van der Waals surface area (Å²) in [7, 11) is 0. The minimum atomic E-state index is -0.508. The lowest BCUT2D eigenvalue weighted by Gasteiger charge is -2.26. The van der Waals surface area contributed by atoms with E-state index >= 15 is 0 Å². The second-order valence-corrected chi connectivity index (χ2v) is 7.17. The Bertz CT molecular complexity index is 979. The Labute approximate surface area is 166 Å². The standard InChI is InChI=1S/C19H22FN5O4/c20-15-6-2-1-4-13(15)11-23-7-8-24-17(18(23)27)22-25(19(24)28)12-16(26)21-10-14-5-3-9-29-14/h1-2,4,6,14H,3,5,7-12H2,(H,21,26)/t14-/m0/s1. The van der Waals surface area contributed by atoms with Gasteiger partial charge in [-0.05, 0) is 18.9 Å². The number of halogens is 1. The summed E-state index contributed by atoms with van der Waals surface area (Å²) in [4.78, 5) is 38.8. The van der Waals surface area contributed by atoms with Crippen molar-refractivity contribution in [3.63, 3.8) is 0 Å². The molecule has 0 spiro atoms. The molecular formula is C19H22FN5O4. The summed E-state index contributed by atoms with van der Waals surface area (Å²) in [5, 5.41) is 6.79. The first-order chi connectivity index (χ1) is 14.0. The molecule has 1 aromatic heterocycles. The quantitative estimate of drug-likeness (QED) is 0.740. The van der Waals surface area contributed by atoms with Crippen molar-refractivity contribution in [2.24, 2.45) is 0 Å². The van der Waals surface area contributed by atoms with Gasteiger partial charge in [0.1, 0.15) is 12.4 Å². The van der Waals surface area contributed by atoms with Crippen molar-refractivity contribution in [1.29, 1.82) is 0 Å². The van der Waals surface area contributed by atoms with Crippen LogP contribution in [0.25, 0.3) is 0 Å². The van der Waals surface area contributed by atoms with Crippen LogP contribution in [0.15, 0.2) is 29.1 Å². The minimum absolute atomic E-state index is 0.000563. The fourth-order valence-corrected chi connectivity index (χ4v) is 3.58. The fourth-order valence-electron chi connectivity index (χ4n) is 3.58. The number of hydrogen-bond donors (Lipinski definition) is 1. The lowest BCUT2D eigenvalue weighted by atomic mass is 10.2. The zero-order valence-electron chi connectivity index (χ0n) is 15.8. The van der Waals surface area contributed by atoms with Gasteiger partial charge in [-0.2, -0.15) is 0 Å². The van der Waals surface area contributed by atoms with Gasteiger partial charge >= 0.3 is 5.69 Å². The van der Waals surface area contributed by atoms with E-state index in [1.807, 2.05) is 0 Å². The number of carbonyl (C=O) groups is 2. The van der Waals surface area contributed by atoms with Crippen LogP contribution >= 0.6 is 0 Å². The van der Waals surface area contributed by atoms with E-state index in [1.165, 1.54) is 15.5 Å². The third-order valence-electron chi connectivity index (χ3n) is 5.16. The Morgan fingerprint density at radius 2 is 2.10 bits per heavy atom. The molecule has 4 rings (SSSR count). The van der Waals surface area contributed by atoms with Crippen LogP contribution in [0.2, 0.25) is 0 Å². The van der Waals surface area contributed by atoms with Crippen LogP contribution in [0.3, 0.4) is 0 Å². The molecule has 2 aliphatic heterocycles. The van der Waals surface area contributed by atoms with Gasteiger partial charge in [0.05, 0.1) is 6.10 Å². The molecule has 1 saturated heterocycles. The summed E-state index contributed by atoms with van der Waals surface area (Å²) >= 11 is 0. The number of nitrogens with one attached hydrogen (secondary N) is 1. The van der Waals surface area contributed by atoms with Gasteiger partial charge in [0, 0.05) is 38.3 Å². The second kappa shape index (κ2) is 8.16. The van der Waals surface area contributed by atoms with Crippen LogP contribution in [0.4, 0.5) is 4.39 Å². The van der Waals surface area contributed by atoms with Crippen LogP contribution in [0, 0.1) is 5.82 Å². The predicted molar refractivity (Wildman–Crippen MR) is 99.6 cm³/mol. The van der Waals surface area contributed by atoms with Gasteiger partial charge in [-0.15, -0.1) is 5.10 Å². The smallest absolute Gasteiger partial charge is 0.346 e. The second-order valence-electron chi connectivity index (χ2n) is 7.17. The summed E-state index contributed by atoms with van der Waals surface area (Å²) in [5.41, 5.74) is -0.115. The van der Waals surface area contributed by atoms with Gasteiger partial charge in [-0.1, -0.05) is 18.2 Å². The average Bonchev–Trinajstić information content (AvgIpc) is 3.33. The molecule has 29 heavy (non-hydrogen) atoms. The molecular weight excluding hydrogens is 381 g/mol. The average molecular weight is 403 g/mol. The molecule has 154 valence electrons. The first kappa shape index (κ1) is 19.3. The molecule has 1 aromatic carbocycles. The highest BCUT2D eigenvalue weighted by atomic mass is 19.1. The lowest BCUT2D eigenvalue weighted by Crippen LogP contribution is -2.43. The third-order valence-corrected chi connectivity index (χ3v) is 5.16. The number of carbonyl (C=O) groups excluding carboxylic acids is 2. The molecule has 2 aliphatic rings. The lowest BCUT2D eigenvalue weighted by molar-refractivity contribution is -0.122. The zero-order chi connectivity index (χ0) is 20.4. The van der Waals surface area contributed by atoms with E-state index in [4.69, 9.17) is 4.74 Å². The van der Waals surface area contributed by atoms with Gasteiger partial charge in [-0.25, -0.2) is 13.9 Å². The number of benzene rings is 1. The highest BCUT2D eigenvalue weighted by Gasteiger charge is 2.30. The normalized spacial score (nSPS) is 18.7. The van der Waals surface area contributed by atoms with Crippen LogP contribution in [0.1, 0.15) is 29.0 Å². The van der Waals surface area contributed by atoms with E-state index in [-0.39, 0.29) is 44.0 Å². The molecule has 9 nitrogen and oxygen atoms in total. The van der Waals surface area contributed by atoms with E-state index in [0.717, 1.165) is 17.5 Å². The molecule has 0 radical (unpaired) electrons. The largest absolute Gasteiger partial charge is 0.376 e. The van der Waals surface area contributed by atoms with Crippen LogP contribution in [-0.2, 0) is 29.2 Å². The molecule has 0 aliphatic carbocycles. The summed E-state index contributed by atoms with van der Waals surface area (Å²) in [6.07, 6.45) is 1.87. The van der Waals surface area contributed by atoms with E-state index in [0.29, 0.717) is 18.7 Å². The number of hydrogen-bond acceptors (Lipinski definition) is 5. The van der Waals surface area contributed by atoms with Gasteiger partial charge < -0.3 is 15.0 Å². The van der Waals surface area contributed by atoms with Gasteiger partial charge in [0.25, 0.3) is 5.91 Å². The summed E-state index contributed by atoms with van der Waals surface area (Å²) < 4.78 is 21.6. The predicted octanol–water partition coefficient (Wildman–Crippen LogP) is 0.135. The van der Waals surface area contributed by atoms with Gasteiger partial charge in [0.15, 0.2) is 0 Å². The first-order valence-corrected chi connectivity index (χ1v) is 9.61. The van der Waals surface area contributed by atoms with Gasteiger partial charge in [-0.3, -0.25) is 14.2 Å². The van der Waals surface area contributed by atoms with E-state index in [2.05, 4.69) is 10.4 Å². The number of nitrogens with zero attached hydrogens (tertiary/aromatic N) is 4. The Morgan fingerprint density at radius 1 is 1.28 bits per heavy atom. The number of rotatable bonds is 6. The molecule has 1 atom stereocenters. The monoisotopic (exact) mass is 403 g/mol. The number of fused-ring (bicyclic) bond motifs is 1. The molecule has 1 fully saturated rings. The Balaban J connectivity index is 1.43. The van der Waals surface area contributed by atoms with Crippen LogP contribution in [0.5, 0.6) is 0 Å². The molecule has 0 bridgehead atoms. The molecule has 2 amide bonds. The Hall–Kier alpha value is -3.01. The molecule has 0 saturated carbocycles. The summed E-state index contributed by atoms with van der Waals surface area (Å²) in [5.74, 6) is -1.26. The maximum atomic E-state index is 13.9. The maximum Gasteiger partial charge on any atom is 0.346 e. The van der Waals surface area contributed by atoms with Crippen molar-refractivity contribution < 1.29 is 18.7 Å².